The molecule has 0 aromatic carbocycles. The van der Waals surface area contributed by atoms with Gasteiger partial charge in [0, 0.05) is 17.7 Å². The Morgan fingerprint density at radius 3 is 2.54 bits per heavy atom. The SMILES string of the molecule is Cc1nc(CC2CC2)nc(N)c1C. The molecule has 3 nitrogen and oxygen atoms in total. The van der Waals surface area contributed by atoms with Crippen LogP contribution in [0.25, 0.3) is 0 Å². The summed E-state index contributed by atoms with van der Waals surface area (Å²) in [5.41, 5.74) is 7.80. The Bertz CT molecular complexity index is 306. The maximum Gasteiger partial charge on any atom is 0.131 e. The fourth-order valence-electron chi connectivity index (χ4n) is 1.38. The van der Waals surface area contributed by atoms with Gasteiger partial charge in [-0.15, -0.1) is 0 Å². The van der Waals surface area contributed by atoms with Gasteiger partial charge in [-0.25, -0.2) is 9.97 Å². The smallest absolute Gasteiger partial charge is 0.131 e. The molecular weight excluding hydrogens is 162 g/mol. The van der Waals surface area contributed by atoms with E-state index in [1.165, 1.54) is 12.8 Å². The first-order valence-corrected chi connectivity index (χ1v) is 4.76. The number of aryl methyl sites for hydroxylation is 1. The van der Waals surface area contributed by atoms with Gasteiger partial charge in [0.25, 0.3) is 0 Å². The van der Waals surface area contributed by atoms with Crippen molar-refractivity contribution in [3.8, 4) is 0 Å². The van der Waals surface area contributed by atoms with Crippen molar-refractivity contribution in [2.24, 2.45) is 5.92 Å². The molecule has 1 saturated carbocycles. The lowest BCUT2D eigenvalue weighted by atomic mass is 10.2. The summed E-state index contributed by atoms with van der Waals surface area (Å²) in [5, 5.41) is 0. The quantitative estimate of drug-likeness (QED) is 0.747. The van der Waals surface area contributed by atoms with Crippen LogP contribution in [0.15, 0.2) is 0 Å². The molecule has 3 heteroatoms. The lowest BCUT2D eigenvalue weighted by molar-refractivity contribution is 0.763. The third kappa shape index (κ3) is 1.79. The number of nitrogens with two attached hydrogens (primary N) is 1. The zero-order valence-corrected chi connectivity index (χ0v) is 8.17. The third-order valence-corrected chi connectivity index (χ3v) is 2.64. The molecule has 0 amide bonds. The predicted octanol–water partition coefficient (Wildman–Crippen LogP) is 1.63. The van der Waals surface area contributed by atoms with E-state index in [9.17, 15) is 0 Å². The van der Waals surface area contributed by atoms with Crippen LogP contribution in [0.3, 0.4) is 0 Å². The van der Waals surface area contributed by atoms with E-state index < -0.39 is 0 Å². The molecule has 0 unspecified atom stereocenters. The lowest BCUT2D eigenvalue weighted by Crippen LogP contribution is -2.05. The van der Waals surface area contributed by atoms with E-state index in [2.05, 4.69) is 9.97 Å². The van der Waals surface area contributed by atoms with E-state index in [-0.39, 0.29) is 0 Å². The van der Waals surface area contributed by atoms with Crippen molar-refractivity contribution in [1.29, 1.82) is 0 Å². The number of nitrogens with zero attached hydrogens (tertiary/aromatic N) is 2. The number of hydrogen-bond donors (Lipinski definition) is 1. The average Bonchev–Trinajstić information content (AvgIpc) is 2.84. The van der Waals surface area contributed by atoms with Crippen LogP contribution in [0.2, 0.25) is 0 Å². The molecule has 1 fully saturated rings. The maximum atomic E-state index is 5.77. The Balaban J connectivity index is 2.25. The summed E-state index contributed by atoms with van der Waals surface area (Å²) in [6, 6.07) is 0. The average molecular weight is 177 g/mol. The molecule has 0 saturated heterocycles. The lowest BCUT2D eigenvalue weighted by Gasteiger charge is -2.05. The number of hydrogen-bond acceptors (Lipinski definition) is 3. The topological polar surface area (TPSA) is 51.8 Å². The van der Waals surface area contributed by atoms with Crippen molar-refractivity contribution in [2.75, 3.05) is 5.73 Å². The van der Waals surface area contributed by atoms with Crippen molar-refractivity contribution in [3.05, 3.63) is 17.1 Å². The van der Waals surface area contributed by atoms with E-state index in [1.54, 1.807) is 0 Å². The second-order valence-corrected chi connectivity index (χ2v) is 3.88. The van der Waals surface area contributed by atoms with Crippen LogP contribution in [0, 0.1) is 19.8 Å². The summed E-state index contributed by atoms with van der Waals surface area (Å²) in [7, 11) is 0. The number of aromatic nitrogens is 2. The van der Waals surface area contributed by atoms with Crippen LogP contribution in [-0.4, -0.2) is 9.97 Å². The summed E-state index contributed by atoms with van der Waals surface area (Å²) >= 11 is 0. The first-order valence-electron chi connectivity index (χ1n) is 4.76. The Morgan fingerprint density at radius 2 is 2.00 bits per heavy atom. The maximum absolute atomic E-state index is 5.77. The van der Waals surface area contributed by atoms with E-state index in [0.717, 1.165) is 29.4 Å². The van der Waals surface area contributed by atoms with Crippen LogP contribution in [0.4, 0.5) is 5.82 Å². The minimum absolute atomic E-state index is 0.642. The highest BCUT2D eigenvalue weighted by atomic mass is 15.0. The fraction of sp³-hybridized carbons (Fsp3) is 0.600. The van der Waals surface area contributed by atoms with Gasteiger partial charge in [0.1, 0.15) is 11.6 Å². The van der Waals surface area contributed by atoms with Gasteiger partial charge in [0.2, 0.25) is 0 Å². The van der Waals surface area contributed by atoms with Crippen molar-refractivity contribution in [2.45, 2.75) is 33.1 Å². The second kappa shape index (κ2) is 2.98. The minimum Gasteiger partial charge on any atom is -0.383 e. The molecule has 0 aliphatic heterocycles. The van der Waals surface area contributed by atoms with Crippen molar-refractivity contribution in [3.63, 3.8) is 0 Å². The van der Waals surface area contributed by atoms with Gasteiger partial charge in [0.15, 0.2) is 0 Å². The molecule has 1 aromatic heterocycles. The molecule has 0 spiro atoms. The number of rotatable bonds is 2. The number of nitrogen functional groups attached to an aromatic ring is 1. The van der Waals surface area contributed by atoms with Gasteiger partial charge >= 0.3 is 0 Å². The van der Waals surface area contributed by atoms with Crippen molar-refractivity contribution >= 4 is 5.82 Å². The Kier molecular flexibility index (Phi) is 1.94. The third-order valence-electron chi connectivity index (χ3n) is 2.64. The van der Waals surface area contributed by atoms with Gasteiger partial charge in [0.05, 0.1) is 0 Å². The van der Waals surface area contributed by atoms with Crippen molar-refractivity contribution < 1.29 is 0 Å². The summed E-state index contributed by atoms with van der Waals surface area (Å²) in [4.78, 5) is 8.70. The highest BCUT2D eigenvalue weighted by Gasteiger charge is 2.23. The Labute approximate surface area is 78.4 Å². The van der Waals surface area contributed by atoms with Gasteiger partial charge < -0.3 is 5.73 Å². The first-order chi connectivity index (χ1) is 6.16. The molecule has 1 heterocycles. The monoisotopic (exact) mass is 177 g/mol. The molecule has 0 radical (unpaired) electrons. The van der Waals surface area contributed by atoms with Gasteiger partial charge in [-0.3, -0.25) is 0 Å². The zero-order valence-electron chi connectivity index (χ0n) is 8.17. The Morgan fingerprint density at radius 1 is 1.31 bits per heavy atom. The normalized spacial score (nSPS) is 16.2. The molecule has 1 aliphatic carbocycles. The minimum atomic E-state index is 0.642. The van der Waals surface area contributed by atoms with Crippen molar-refractivity contribution in [1.82, 2.24) is 9.97 Å². The summed E-state index contributed by atoms with van der Waals surface area (Å²) in [5.74, 6) is 2.38. The standard InChI is InChI=1S/C10H15N3/c1-6-7(2)12-9(13-10(6)11)5-8-3-4-8/h8H,3-5H2,1-2H3,(H2,11,12,13). The zero-order chi connectivity index (χ0) is 9.42. The van der Waals surface area contributed by atoms with E-state index >= 15 is 0 Å². The largest absolute Gasteiger partial charge is 0.383 e. The summed E-state index contributed by atoms with van der Waals surface area (Å²) in [6.07, 6.45) is 3.66. The number of anilines is 1. The summed E-state index contributed by atoms with van der Waals surface area (Å²) in [6.45, 7) is 3.95. The van der Waals surface area contributed by atoms with Gasteiger partial charge in [-0.1, -0.05) is 0 Å². The summed E-state index contributed by atoms with van der Waals surface area (Å²) < 4.78 is 0. The van der Waals surface area contributed by atoms with Gasteiger partial charge in [-0.2, -0.15) is 0 Å². The van der Waals surface area contributed by atoms with Crippen LogP contribution < -0.4 is 5.73 Å². The molecule has 1 aromatic rings. The Hall–Kier alpha value is -1.12. The van der Waals surface area contributed by atoms with E-state index in [0.29, 0.717) is 5.82 Å². The molecule has 2 N–H and O–H groups in total. The fourth-order valence-corrected chi connectivity index (χ4v) is 1.38. The second-order valence-electron chi connectivity index (χ2n) is 3.88. The van der Waals surface area contributed by atoms with Crippen LogP contribution >= 0.6 is 0 Å². The van der Waals surface area contributed by atoms with Crippen LogP contribution in [0.1, 0.15) is 29.9 Å². The van der Waals surface area contributed by atoms with Crippen LogP contribution in [-0.2, 0) is 6.42 Å². The molecular formula is C10H15N3. The van der Waals surface area contributed by atoms with E-state index in [1.807, 2.05) is 13.8 Å². The molecule has 13 heavy (non-hydrogen) atoms. The molecule has 1 aliphatic rings. The van der Waals surface area contributed by atoms with Gasteiger partial charge in [-0.05, 0) is 32.6 Å². The molecule has 70 valence electrons. The van der Waals surface area contributed by atoms with Crippen LogP contribution in [0.5, 0.6) is 0 Å². The molecule has 0 atom stereocenters. The molecule has 0 bridgehead atoms. The first kappa shape index (κ1) is 8.48. The molecule has 2 rings (SSSR count). The predicted molar refractivity (Wildman–Crippen MR) is 52.3 cm³/mol. The highest BCUT2D eigenvalue weighted by molar-refractivity contribution is 5.40. The van der Waals surface area contributed by atoms with E-state index in [4.69, 9.17) is 5.73 Å². The highest BCUT2D eigenvalue weighted by Crippen LogP contribution is 2.31.